The Morgan fingerprint density at radius 1 is 1.06 bits per heavy atom. The summed E-state index contributed by atoms with van der Waals surface area (Å²) in [5, 5.41) is 3.43. The zero-order valence-electron chi connectivity index (χ0n) is 21.4. The molecule has 1 saturated carbocycles. The zero-order chi connectivity index (χ0) is 24.0. The van der Waals surface area contributed by atoms with Crippen LogP contribution in [0.3, 0.4) is 0 Å². The summed E-state index contributed by atoms with van der Waals surface area (Å²) in [7, 11) is 6.47. The lowest BCUT2D eigenvalue weighted by atomic mass is 9.57. The second-order valence-electron chi connectivity index (χ2n) is 11.3. The monoisotopic (exact) mass is 463 g/mol. The number of unbranched alkanes of at least 4 members (excludes halogenated alkanes) is 2. The molecule has 4 rings (SSSR count). The van der Waals surface area contributed by atoms with Gasteiger partial charge in [-0.2, -0.15) is 0 Å². The highest BCUT2D eigenvalue weighted by Gasteiger charge is 2.51. The molecule has 1 amide bonds. The van der Waals surface area contributed by atoms with Crippen molar-refractivity contribution in [1.82, 2.24) is 5.32 Å². The van der Waals surface area contributed by atoms with Gasteiger partial charge < -0.3 is 14.5 Å². The number of amides is 1. The second kappa shape index (κ2) is 10.9. The van der Waals surface area contributed by atoms with Crippen LogP contribution >= 0.6 is 0 Å². The summed E-state index contributed by atoms with van der Waals surface area (Å²) in [6, 6.07) is 19.6. The fourth-order valence-electron chi connectivity index (χ4n) is 6.44. The van der Waals surface area contributed by atoms with Crippen molar-refractivity contribution in [2.45, 2.75) is 69.2 Å². The van der Waals surface area contributed by atoms with Crippen LogP contribution in [-0.2, 0) is 16.6 Å². The maximum atomic E-state index is 12.8. The van der Waals surface area contributed by atoms with Crippen LogP contribution in [0.1, 0.15) is 62.5 Å². The Kier molecular flexibility index (Phi) is 7.98. The first-order valence-corrected chi connectivity index (χ1v) is 13.2. The molecule has 0 unspecified atom stereocenters. The number of carbonyl (C=O) groups excluding carboxylic acids is 1. The summed E-state index contributed by atoms with van der Waals surface area (Å²) in [5.41, 5.74) is 2.92. The van der Waals surface area contributed by atoms with E-state index in [0.29, 0.717) is 12.3 Å². The number of fused-ring (bicyclic) bond motifs is 1. The van der Waals surface area contributed by atoms with Crippen molar-refractivity contribution in [3.63, 3.8) is 0 Å². The van der Waals surface area contributed by atoms with Gasteiger partial charge in [0.1, 0.15) is 5.75 Å². The standard InChI is InChI=1S/C30H42N2O2/c1-32(2)20-19-30(25-14-10-15-28(21-25)34-3)22-27(18-17-26(30)23-32)31-29(33)16-9-5-8-13-24-11-6-4-7-12-24/h4,6-7,10-12,14-15,21,26-27H,5,8-9,13,16-20,22-23H2,1-3H3/p+1/t26-,27+,30+/m1/s1. The van der Waals surface area contributed by atoms with Crippen LogP contribution in [0.15, 0.2) is 54.6 Å². The van der Waals surface area contributed by atoms with Crippen LogP contribution < -0.4 is 10.1 Å². The molecule has 4 nitrogen and oxygen atoms in total. The molecular weight excluding hydrogens is 420 g/mol. The molecule has 1 saturated heterocycles. The first kappa shape index (κ1) is 24.8. The highest BCUT2D eigenvalue weighted by molar-refractivity contribution is 5.76. The van der Waals surface area contributed by atoms with Gasteiger partial charge in [-0.1, -0.05) is 48.9 Å². The van der Waals surface area contributed by atoms with Crippen LogP contribution in [-0.4, -0.2) is 50.7 Å². The fourth-order valence-corrected chi connectivity index (χ4v) is 6.44. The first-order chi connectivity index (χ1) is 16.4. The molecule has 4 heteroatoms. The van der Waals surface area contributed by atoms with Crippen LogP contribution in [0.25, 0.3) is 0 Å². The summed E-state index contributed by atoms with van der Waals surface area (Å²) in [4.78, 5) is 12.8. The molecule has 2 fully saturated rings. The molecule has 1 aliphatic heterocycles. The molecule has 1 heterocycles. The molecule has 0 radical (unpaired) electrons. The van der Waals surface area contributed by atoms with Gasteiger partial charge in [0.05, 0.1) is 34.3 Å². The SMILES string of the molecule is COc1cccc([C@@]23CC[N+](C)(C)C[C@H]2CC[C@H](NC(=O)CCCCCc2ccccc2)C3)c1. The molecule has 2 aliphatic rings. The highest BCUT2D eigenvalue weighted by atomic mass is 16.5. The number of hydrogen-bond donors (Lipinski definition) is 1. The van der Waals surface area contributed by atoms with Crippen molar-refractivity contribution in [2.24, 2.45) is 5.92 Å². The van der Waals surface area contributed by atoms with Gasteiger partial charge in [0.15, 0.2) is 0 Å². The van der Waals surface area contributed by atoms with E-state index in [9.17, 15) is 4.79 Å². The van der Waals surface area contributed by atoms with Gasteiger partial charge in [0, 0.05) is 30.2 Å². The van der Waals surface area contributed by atoms with E-state index in [4.69, 9.17) is 4.74 Å². The van der Waals surface area contributed by atoms with Crippen LogP contribution in [0, 0.1) is 5.92 Å². The van der Waals surface area contributed by atoms with Crippen molar-refractivity contribution in [3.8, 4) is 5.75 Å². The average molecular weight is 464 g/mol. The summed E-state index contributed by atoms with van der Waals surface area (Å²) in [5.74, 6) is 1.82. The van der Waals surface area contributed by atoms with E-state index >= 15 is 0 Å². The minimum Gasteiger partial charge on any atom is -0.497 e. The first-order valence-electron chi connectivity index (χ1n) is 13.2. The Morgan fingerprint density at radius 2 is 1.88 bits per heavy atom. The summed E-state index contributed by atoms with van der Waals surface area (Å²) in [6.45, 7) is 2.38. The average Bonchev–Trinajstić information content (AvgIpc) is 2.84. The number of piperidine rings is 1. The Morgan fingerprint density at radius 3 is 2.68 bits per heavy atom. The molecule has 1 aliphatic carbocycles. The molecular formula is C30H43N2O2+. The molecule has 2 aromatic carbocycles. The number of hydrogen-bond acceptors (Lipinski definition) is 2. The lowest BCUT2D eigenvalue weighted by Gasteiger charge is -2.54. The smallest absolute Gasteiger partial charge is 0.220 e. The van der Waals surface area contributed by atoms with Gasteiger partial charge in [-0.05, 0) is 61.8 Å². The summed E-state index contributed by atoms with van der Waals surface area (Å²) < 4.78 is 6.67. The van der Waals surface area contributed by atoms with Gasteiger partial charge >= 0.3 is 0 Å². The summed E-state index contributed by atoms with van der Waals surface area (Å²) >= 11 is 0. The van der Waals surface area contributed by atoms with Crippen LogP contribution in [0.4, 0.5) is 0 Å². The molecule has 1 N–H and O–H groups in total. The third-order valence-corrected chi connectivity index (χ3v) is 8.36. The van der Waals surface area contributed by atoms with Crippen molar-refractivity contribution >= 4 is 5.91 Å². The number of nitrogens with one attached hydrogen (secondary N) is 1. The van der Waals surface area contributed by atoms with Crippen molar-refractivity contribution in [2.75, 3.05) is 34.3 Å². The maximum Gasteiger partial charge on any atom is 0.220 e. The summed E-state index contributed by atoms with van der Waals surface area (Å²) in [6.07, 6.45) is 9.46. The van der Waals surface area contributed by atoms with E-state index in [0.717, 1.165) is 48.8 Å². The molecule has 34 heavy (non-hydrogen) atoms. The topological polar surface area (TPSA) is 38.3 Å². The molecule has 0 aromatic heterocycles. The third kappa shape index (κ3) is 6.02. The van der Waals surface area contributed by atoms with Crippen molar-refractivity contribution in [1.29, 1.82) is 0 Å². The van der Waals surface area contributed by atoms with Crippen LogP contribution in [0.5, 0.6) is 5.75 Å². The van der Waals surface area contributed by atoms with Gasteiger partial charge in [0.2, 0.25) is 5.91 Å². The van der Waals surface area contributed by atoms with E-state index < -0.39 is 0 Å². The van der Waals surface area contributed by atoms with E-state index in [1.165, 1.54) is 37.1 Å². The van der Waals surface area contributed by atoms with Crippen molar-refractivity contribution in [3.05, 3.63) is 65.7 Å². The van der Waals surface area contributed by atoms with E-state index in [-0.39, 0.29) is 17.4 Å². The van der Waals surface area contributed by atoms with Gasteiger partial charge in [-0.3, -0.25) is 4.79 Å². The quantitative estimate of drug-likeness (QED) is 0.394. The maximum absolute atomic E-state index is 12.8. The second-order valence-corrected chi connectivity index (χ2v) is 11.3. The number of likely N-dealkylation sites (tertiary alicyclic amines) is 1. The predicted octanol–water partition coefficient (Wildman–Crippen LogP) is 5.50. The van der Waals surface area contributed by atoms with E-state index in [1.54, 1.807) is 7.11 Å². The molecule has 2 aromatic rings. The number of rotatable bonds is 9. The minimum atomic E-state index is 0.133. The number of ether oxygens (including phenoxy) is 1. The molecule has 184 valence electrons. The number of methoxy groups -OCH3 is 1. The lowest BCUT2D eigenvalue weighted by Crippen LogP contribution is -2.60. The molecule has 3 atom stereocenters. The molecule has 0 bridgehead atoms. The fraction of sp³-hybridized carbons (Fsp3) is 0.567. The number of nitrogens with zero attached hydrogens (tertiary/aromatic N) is 1. The van der Waals surface area contributed by atoms with Crippen molar-refractivity contribution < 1.29 is 14.0 Å². The Bertz CT molecular complexity index is 942. The Balaban J connectivity index is 1.34. The Labute approximate surface area is 206 Å². The Hall–Kier alpha value is -2.33. The number of quaternary nitrogens is 1. The number of benzene rings is 2. The van der Waals surface area contributed by atoms with Gasteiger partial charge in [-0.15, -0.1) is 0 Å². The zero-order valence-corrected chi connectivity index (χ0v) is 21.4. The van der Waals surface area contributed by atoms with E-state index in [2.05, 4.69) is 67.9 Å². The van der Waals surface area contributed by atoms with Crippen LogP contribution in [0.2, 0.25) is 0 Å². The third-order valence-electron chi connectivity index (χ3n) is 8.36. The highest BCUT2D eigenvalue weighted by Crippen LogP contribution is 2.50. The van der Waals surface area contributed by atoms with E-state index in [1.807, 2.05) is 6.07 Å². The predicted molar refractivity (Wildman–Crippen MR) is 139 cm³/mol. The van der Waals surface area contributed by atoms with Gasteiger partial charge in [-0.25, -0.2) is 0 Å². The molecule has 0 spiro atoms. The lowest BCUT2D eigenvalue weighted by molar-refractivity contribution is -0.901. The minimum absolute atomic E-state index is 0.133. The largest absolute Gasteiger partial charge is 0.497 e. The number of aryl methyl sites for hydroxylation is 1. The number of carbonyl (C=O) groups is 1. The van der Waals surface area contributed by atoms with Gasteiger partial charge in [0.25, 0.3) is 0 Å². The normalized spacial score (nSPS) is 25.9.